The highest BCUT2D eigenvalue weighted by molar-refractivity contribution is 6.20. The minimum Gasteiger partial charge on any atom is -0.361 e. The number of nitrogens with zero attached hydrogens (tertiary/aromatic N) is 3. The van der Waals surface area contributed by atoms with Crippen molar-refractivity contribution in [3.8, 4) is 11.5 Å². The first-order valence-electron chi connectivity index (χ1n) is 13.8. The molecule has 40 heavy (non-hydrogen) atoms. The number of alkyl halides is 3. The molecule has 0 amide bonds. The molecule has 216 valence electrons. The normalized spacial score (nSPS) is 11.6. The first-order chi connectivity index (χ1) is 19.3. The van der Waals surface area contributed by atoms with Crippen LogP contribution < -0.4 is 0 Å². The summed E-state index contributed by atoms with van der Waals surface area (Å²) in [7, 11) is 0. The number of aldehydes is 1. The molecule has 3 aromatic rings. The zero-order valence-corrected chi connectivity index (χ0v) is 22.8. The van der Waals surface area contributed by atoms with E-state index in [1.807, 2.05) is 0 Å². The number of hydrogen-bond donors (Lipinski definition) is 0. The highest BCUT2D eigenvalue weighted by atomic mass is 19.4. The summed E-state index contributed by atoms with van der Waals surface area (Å²) in [6, 6.07) is 11.8. The van der Waals surface area contributed by atoms with E-state index in [-0.39, 0.29) is 24.9 Å². The number of aryl methyl sites for hydroxylation is 1. The smallest absolute Gasteiger partial charge is 0.361 e. The van der Waals surface area contributed by atoms with Crippen molar-refractivity contribution in [2.24, 2.45) is 0 Å². The summed E-state index contributed by atoms with van der Waals surface area (Å²) in [4.78, 5) is 32.1. The van der Waals surface area contributed by atoms with E-state index in [0.29, 0.717) is 22.8 Å². The number of halogens is 3. The fourth-order valence-electron chi connectivity index (χ4n) is 4.39. The molecule has 0 spiro atoms. The molecule has 10 heteroatoms. The minimum atomic E-state index is -4.51. The molecule has 0 unspecified atom stereocenters. The average Bonchev–Trinajstić information content (AvgIpc) is 3.41. The molecule has 1 aromatic heterocycles. The van der Waals surface area contributed by atoms with Gasteiger partial charge in [0, 0.05) is 12.0 Å². The molecule has 0 aliphatic carbocycles. The fourth-order valence-corrected chi connectivity index (χ4v) is 4.39. The second-order valence-corrected chi connectivity index (χ2v) is 9.82. The van der Waals surface area contributed by atoms with Crippen molar-refractivity contribution in [2.75, 3.05) is 0 Å². The third-order valence-electron chi connectivity index (χ3n) is 6.43. The van der Waals surface area contributed by atoms with E-state index in [4.69, 9.17) is 9.36 Å². The molecule has 0 aliphatic heterocycles. The molecule has 0 saturated heterocycles. The van der Waals surface area contributed by atoms with Crippen molar-refractivity contribution in [2.45, 2.75) is 90.4 Å². The molecule has 3 rings (SSSR count). The summed E-state index contributed by atoms with van der Waals surface area (Å²) in [6.45, 7) is 2.08. The number of carbonyl (C=O) groups is 2. The van der Waals surface area contributed by atoms with E-state index in [0.717, 1.165) is 36.5 Å². The Kier molecular flexibility index (Phi) is 12.3. The molecule has 0 fully saturated rings. The van der Waals surface area contributed by atoms with Crippen LogP contribution in [0.1, 0.15) is 87.2 Å². The summed E-state index contributed by atoms with van der Waals surface area (Å²) in [5, 5.41) is 5.22. The zero-order valence-electron chi connectivity index (χ0n) is 22.8. The van der Waals surface area contributed by atoms with Gasteiger partial charge in [-0.25, -0.2) is 4.79 Å². The fraction of sp³-hybridized carbons (Fsp3) is 0.467. The molecule has 1 heterocycles. The Morgan fingerprint density at radius 1 is 0.925 bits per heavy atom. The van der Waals surface area contributed by atoms with Crippen molar-refractivity contribution in [3.05, 3.63) is 71.0 Å². The maximum absolute atomic E-state index is 13.1. The molecule has 0 N–H and O–H groups in total. The summed E-state index contributed by atoms with van der Waals surface area (Å²) < 4.78 is 44.8. The number of hydroxylamine groups is 2. The van der Waals surface area contributed by atoms with E-state index in [1.54, 1.807) is 24.3 Å². The number of benzene rings is 2. The van der Waals surface area contributed by atoms with Crippen molar-refractivity contribution < 1.29 is 32.1 Å². The summed E-state index contributed by atoms with van der Waals surface area (Å²) in [6.07, 6.45) is 7.27. The lowest BCUT2D eigenvalue weighted by molar-refractivity contribution is -0.195. The minimum absolute atomic E-state index is 0.00311. The van der Waals surface area contributed by atoms with E-state index < -0.39 is 17.7 Å². The Bertz CT molecular complexity index is 1210. The molecule has 0 atom stereocenters. The van der Waals surface area contributed by atoms with Crippen LogP contribution in [0.4, 0.5) is 13.2 Å². The Morgan fingerprint density at radius 3 is 2.20 bits per heavy atom. The molecule has 0 radical (unpaired) electrons. The molecular weight excluding hydrogens is 523 g/mol. The van der Waals surface area contributed by atoms with Gasteiger partial charge < -0.3 is 9.36 Å². The zero-order chi connectivity index (χ0) is 28.8. The van der Waals surface area contributed by atoms with E-state index in [1.165, 1.54) is 57.1 Å². The van der Waals surface area contributed by atoms with E-state index in [9.17, 15) is 22.8 Å². The van der Waals surface area contributed by atoms with Gasteiger partial charge in [0.25, 0.3) is 5.89 Å². The first kappa shape index (κ1) is 31.0. The van der Waals surface area contributed by atoms with Gasteiger partial charge in [-0.05, 0) is 35.7 Å². The van der Waals surface area contributed by atoms with Crippen LogP contribution in [0.3, 0.4) is 0 Å². The highest BCUT2D eigenvalue weighted by Gasteiger charge is 2.30. The molecule has 2 aromatic carbocycles. The third-order valence-corrected chi connectivity index (χ3v) is 6.43. The van der Waals surface area contributed by atoms with Crippen LogP contribution >= 0.6 is 0 Å². The largest absolute Gasteiger partial charge is 0.416 e. The van der Waals surface area contributed by atoms with Gasteiger partial charge in [-0.15, -0.1) is 5.06 Å². The van der Waals surface area contributed by atoms with Gasteiger partial charge >= 0.3 is 12.1 Å². The number of carbonyl (C=O) groups excluding carboxylic acids is 2. The van der Waals surface area contributed by atoms with Gasteiger partial charge in [-0.3, -0.25) is 4.79 Å². The predicted molar refractivity (Wildman–Crippen MR) is 144 cm³/mol. The van der Waals surface area contributed by atoms with Crippen LogP contribution in [0, 0.1) is 0 Å². The topological polar surface area (TPSA) is 85.5 Å². The average molecular weight is 560 g/mol. The lowest BCUT2D eigenvalue weighted by Gasteiger charge is -2.21. The lowest BCUT2D eigenvalue weighted by Crippen LogP contribution is -2.27. The first-order valence-corrected chi connectivity index (χ1v) is 13.8. The molecule has 0 saturated carbocycles. The standard InChI is InChI=1S/C30H36F3N3O4/c1-2-3-4-5-6-7-8-9-10-17-27-34-29(39-35-27)25-15-11-13-23(18-25)20-36(40-28(38)22-37)21-24-14-12-16-26(19-24)30(31,32)33/h11-16,18-19,22H,2-10,17,20-21H2,1H3. The highest BCUT2D eigenvalue weighted by Crippen LogP contribution is 2.30. The Labute approximate surface area is 232 Å². The van der Waals surface area contributed by atoms with Crippen LogP contribution in [0.5, 0.6) is 0 Å². The van der Waals surface area contributed by atoms with Crippen molar-refractivity contribution in [1.29, 1.82) is 0 Å². The number of unbranched alkanes of at least 4 members (excludes halogenated alkanes) is 8. The Balaban J connectivity index is 1.58. The van der Waals surface area contributed by atoms with Crippen LogP contribution in [-0.2, 0) is 40.1 Å². The predicted octanol–water partition coefficient (Wildman–Crippen LogP) is 7.49. The van der Waals surface area contributed by atoms with E-state index >= 15 is 0 Å². The number of aromatic nitrogens is 2. The Hall–Kier alpha value is -3.53. The quantitative estimate of drug-likeness (QED) is 0.0733. The second kappa shape index (κ2) is 15.9. The van der Waals surface area contributed by atoms with Crippen molar-refractivity contribution in [1.82, 2.24) is 15.2 Å². The van der Waals surface area contributed by atoms with Crippen molar-refractivity contribution in [3.63, 3.8) is 0 Å². The molecule has 0 aliphatic rings. The summed E-state index contributed by atoms with van der Waals surface area (Å²) in [5.74, 6) is -0.169. The van der Waals surface area contributed by atoms with Crippen LogP contribution in [0.2, 0.25) is 0 Å². The van der Waals surface area contributed by atoms with Gasteiger partial charge in [-0.2, -0.15) is 18.2 Å². The molecule has 0 bridgehead atoms. The van der Waals surface area contributed by atoms with Gasteiger partial charge in [-0.1, -0.05) is 93.8 Å². The SMILES string of the molecule is CCCCCCCCCCCc1noc(-c2cccc(CN(Cc3cccc(C(F)(F)F)c3)OC(=O)C=O)c2)n1. The van der Waals surface area contributed by atoms with Crippen LogP contribution in [0.25, 0.3) is 11.5 Å². The van der Waals surface area contributed by atoms with Gasteiger partial charge in [0.15, 0.2) is 5.82 Å². The second-order valence-electron chi connectivity index (χ2n) is 9.82. The number of rotatable bonds is 17. The molecular formula is C30H36F3N3O4. The maximum Gasteiger partial charge on any atom is 0.416 e. The third kappa shape index (κ3) is 10.6. The van der Waals surface area contributed by atoms with Crippen LogP contribution in [-0.4, -0.2) is 27.5 Å². The maximum atomic E-state index is 13.1. The van der Waals surface area contributed by atoms with Gasteiger partial charge in [0.1, 0.15) is 0 Å². The van der Waals surface area contributed by atoms with Crippen LogP contribution in [0.15, 0.2) is 53.1 Å². The van der Waals surface area contributed by atoms with E-state index in [2.05, 4.69) is 17.1 Å². The van der Waals surface area contributed by atoms with Crippen molar-refractivity contribution >= 4 is 12.3 Å². The Morgan fingerprint density at radius 2 is 1.55 bits per heavy atom. The lowest BCUT2D eigenvalue weighted by atomic mass is 10.1. The van der Waals surface area contributed by atoms with Gasteiger partial charge in [0.05, 0.1) is 18.7 Å². The number of hydrogen-bond acceptors (Lipinski definition) is 7. The van der Waals surface area contributed by atoms with Gasteiger partial charge in [0.2, 0.25) is 6.29 Å². The monoisotopic (exact) mass is 559 g/mol. The summed E-state index contributed by atoms with van der Waals surface area (Å²) >= 11 is 0. The summed E-state index contributed by atoms with van der Waals surface area (Å²) in [5.41, 5.74) is 0.775. The molecule has 7 nitrogen and oxygen atoms in total.